The van der Waals surface area contributed by atoms with Crippen LogP contribution in [0.2, 0.25) is 0 Å². The average Bonchev–Trinajstić information content (AvgIpc) is 2.57. The van der Waals surface area contributed by atoms with Gasteiger partial charge in [-0.2, -0.15) is 0 Å². The van der Waals surface area contributed by atoms with E-state index in [-0.39, 0.29) is 24.0 Å². The van der Waals surface area contributed by atoms with E-state index in [1.54, 1.807) is 14.2 Å². The van der Waals surface area contributed by atoms with Gasteiger partial charge in [0.25, 0.3) is 0 Å². The van der Waals surface area contributed by atoms with E-state index < -0.39 is 0 Å². The Morgan fingerprint density at radius 3 is 2.61 bits per heavy atom. The first-order chi connectivity index (χ1) is 10.7. The van der Waals surface area contributed by atoms with E-state index in [1.165, 1.54) is 12.0 Å². The molecule has 0 radical (unpaired) electrons. The lowest BCUT2D eigenvalue weighted by molar-refractivity contribution is 0.293. The van der Waals surface area contributed by atoms with Gasteiger partial charge in [0.15, 0.2) is 5.96 Å². The SMILES string of the molecule is CCCN(CC)CCNC(=NC)NCc1cccc(OC)c1.I. The summed E-state index contributed by atoms with van der Waals surface area (Å²) in [7, 11) is 3.48. The van der Waals surface area contributed by atoms with Gasteiger partial charge in [-0.1, -0.05) is 26.0 Å². The summed E-state index contributed by atoms with van der Waals surface area (Å²) < 4.78 is 5.24. The van der Waals surface area contributed by atoms with Crippen molar-refractivity contribution in [1.82, 2.24) is 15.5 Å². The number of halogens is 1. The number of likely N-dealkylation sites (N-methyl/N-ethyl adjacent to an activating group) is 1. The van der Waals surface area contributed by atoms with Crippen molar-refractivity contribution >= 4 is 29.9 Å². The molecule has 0 atom stereocenters. The van der Waals surface area contributed by atoms with E-state index in [0.717, 1.165) is 44.4 Å². The summed E-state index contributed by atoms with van der Waals surface area (Å²) in [5.74, 6) is 1.70. The van der Waals surface area contributed by atoms with Crippen LogP contribution in [-0.2, 0) is 6.54 Å². The normalized spacial score (nSPS) is 11.1. The molecule has 6 heteroatoms. The Bertz CT molecular complexity index is 454. The first kappa shape index (κ1) is 22.0. The van der Waals surface area contributed by atoms with Gasteiger partial charge in [0.05, 0.1) is 7.11 Å². The molecule has 23 heavy (non-hydrogen) atoms. The van der Waals surface area contributed by atoms with E-state index in [1.807, 2.05) is 18.2 Å². The zero-order valence-electron chi connectivity index (χ0n) is 14.8. The van der Waals surface area contributed by atoms with Crippen molar-refractivity contribution in [1.29, 1.82) is 0 Å². The predicted molar refractivity (Wildman–Crippen MR) is 109 cm³/mol. The standard InChI is InChI=1S/C17H30N4O.HI/c1-5-11-21(6-2)12-10-19-17(18-3)20-14-15-8-7-9-16(13-15)22-4;/h7-9,13H,5-6,10-12,14H2,1-4H3,(H2,18,19,20);1H. The third-order valence-corrected chi connectivity index (χ3v) is 3.53. The molecule has 0 saturated carbocycles. The van der Waals surface area contributed by atoms with Crippen LogP contribution in [0.25, 0.3) is 0 Å². The maximum absolute atomic E-state index is 5.24. The van der Waals surface area contributed by atoms with Crippen LogP contribution in [0.5, 0.6) is 5.75 Å². The number of rotatable bonds is 9. The van der Waals surface area contributed by atoms with Gasteiger partial charge >= 0.3 is 0 Å². The number of nitrogens with one attached hydrogen (secondary N) is 2. The molecule has 0 amide bonds. The molecule has 1 aromatic rings. The smallest absolute Gasteiger partial charge is 0.191 e. The molecule has 0 aliphatic rings. The Morgan fingerprint density at radius 1 is 1.22 bits per heavy atom. The number of ether oxygens (including phenoxy) is 1. The largest absolute Gasteiger partial charge is 0.497 e. The number of benzene rings is 1. The Kier molecular flexibility index (Phi) is 12.8. The molecule has 132 valence electrons. The highest BCUT2D eigenvalue weighted by atomic mass is 127. The molecule has 2 N–H and O–H groups in total. The molecule has 0 heterocycles. The average molecular weight is 434 g/mol. The fraction of sp³-hybridized carbons (Fsp3) is 0.588. The molecular weight excluding hydrogens is 403 g/mol. The summed E-state index contributed by atoms with van der Waals surface area (Å²) in [6, 6.07) is 8.04. The van der Waals surface area contributed by atoms with Gasteiger partial charge in [0.2, 0.25) is 0 Å². The van der Waals surface area contributed by atoms with E-state index in [2.05, 4.69) is 40.4 Å². The molecule has 0 aliphatic heterocycles. The third-order valence-electron chi connectivity index (χ3n) is 3.53. The highest BCUT2D eigenvalue weighted by Crippen LogP contribution is 2.11. The fourth-order valence-electron chi connectivity index (χ4n) is 2.27. The van der Waals surface area contributed by atoms with Crippen molar-refractivity contribution in [3.63, 3.8) is 0 Å². The van der Waals surface area contributed by atoms with Crippen LogP contribution in [0.15, 0.2) is 29.3 Å². The lowest BCUT2D eigenvalue weighted by Crippen LogP contribution is -2.41. The van der Waals surface area contributed by atoms with Gasteiger partial charge in [-0.25, -0.2) is 0 Å². The van der Waals surface area contributed by atoms with Crippen molar-refractivity contribution in [2.75, 3.05) is 40.3 Å². The summed E-state index contributed by atoms with van der Waals surface area (Å²) in [6.45, 7) is 9.30. The summed E-state index contributed by atoms with van der Waals surface area (Å²) >= 11 is 0. The van der Waals surface area contributed by atoms with Gasteiger partial charge in [0.1, 0.15) is 5.75 Å². The summed E-state index contributed by atoms with van der Waals surface area (Å²) in [4.78, 5) is 6.69. The second-order valence-electron chi connectivity index (χ2n) is 5.14. The minimum atomic E-state index is 0. The zero-order valence-corrected chi connectivity index (χ0v) is 17.1. The van der Waals surface area contributed by atoms with Crippen molar-refractivity contribution in [2.45, 2.75) is 26.8 Å². The highest BCUT2D eigenvalue weighted by molar-refractivity contribution is 14.0. The molecule has 1 rings (SSSR count). The Morgan fingerprint density at radius 2 is 2.00 bits per heavy atom. The number of hydrogen-bond acceptors (Lipinski definition) is 3. The number of guanidine groups is 1. The highest BCUT2D eigenvalue weighted by Gasteiger charge is 2.02. The van der Waals surface area contributed by atoms with Gasteiger partial charge < -0.3 is 20.3 Å². The number of methoxy groups -OCH3 is 1. The second kappa shape index (κ2) is 13.4. The van der Waals surface area contributed by atoms with Crippen molar-refractivity contribution in [2.24, 2.45) is 4.99 Å². The van der Waals surface area contributed by atoms with Gasteiger partial charge in [0, 0.05) is 26.7 Å². The maximum atomic E-state index is 5.24. The van der Waals surface area contributed by atoms with Crippen LogP contribution >= 0.6 is 24.0 Å². The molecule has 0 saturated heterocycles. The van der Waals surface area contributed by atoms with Gasteiger partial charge in [-0.3, -0.25) is 4.99 Å². The van der Waals surface area contributed by atoms with E-state index in [4.69, 9.17) is 4.74 Å². The summed E-state index contributed by atoms with van der Waals surface area (Å²) in [6.07, 6.45) is 1.19. The molecule has 0 bridgehead atoms. The Balaban J connectivity index is 0.00000484. The molecule has 0 spiro atoms. The number of nitrogens with zero attached hydrogens (tertiary/aromatic N) is 2. The minimum absolute atomic E-state index is 0. The number of hydrogen-bond donors (Lipinski definition) is 2. The Hall–Kier alpha value is -1.02. The Labute approximate surface area is 157 Å². The predicted octanol–water partition coefficient (Wildman–Crippen LogP) is 2.71. The number of aliphatic imine (C=N–C) groups is 1. The van der Waals surface area contributed by atoms with Gasteiger partial charge in [-0.05, 0) is 37.2 Å². The van der Waals surface area contributed by atoms with Crippen LogP contribution in [0.4, 0.5) is 0 Å². The first-order valence-corrected chi connectivity index (χ1v) is 8.03. The first-order valence-electron chi connectivity index (χ1n) is 8.03. The lowest BCUT2D eigenvalue weighted by atomic mass is 10.2. The molecule has 1 aromatic carbocycles. The molecule has 0 aromatic heterocycles. The monoisotopic (exact) mass is 434 g/mol. The minimum Gasteiger partial charge on any atom is -0.497 e. The van der Waals surface area contributed by atoms with Gasteiger partial charge in [-0.15, -0.1) is 24.0 Å². The quantitative estimate of drug-likeness (QED) is 0.357. The summed E-state index contributed by atoms with van der Waals surface area (Å²) in [5, 5.41) is 6.68. The molecule has 0 unspecified atom stereocenters. The van der Waals surface area contributed by atoms with E-state index in [9.17, 15) is 0 Å². The molecule has 0 aliphatic carbocycles. The van der Waals surface area contributed by atoms with Crippen LogP contribution in [0, 0.1) is 0 Å². The third kappa shape index (κ3) is 9.00. The van der Waals surface area contributed by atoms with Crippen LogP contribution in [0.3, 0.4) is 0 Å². The lowest BCUT2D eigenvalue weighted by Gasteiger charge is -2.20. The van der Waals surface area contributed by atoms with Crippen molar-refractivity contribution in [3.05, 3.63) is 29.8 Å². The molecule has 0 fully saturated rings. The van der Waals surface area contributed by atoms with Crippen LogP contribution in [0.1, 0.15) is 25.8 Å². The van der Waals surface area contributed by atoms with Crippen molar-refractivity contribution in [3.8, 4) is 5.75 Å². The van der Waals surface area contributed by atoms with E-state index in [0.29, 0.717) is 0 Å². The fourth-order valence-corrected chi connectivity index (χ4v) is 2.27. The topological polar surface area (TPSA) is 48.9 Å². The second-order valence-corrected chi connectivity index (χ2v) is 5.14. The van der Waals surface area contributed by atoms with Crippen LogP contribution < -0.4 is 15.4 Å². The zero-order chi connectivity index (χ0) is 16.2. The van der Waals surface area contributed by atoms with Crippen molar-refractivity contribution < 1.29 is 4.74 Å². The molecule has 5 nitrogen and oxygen atoms in total. The maximum Gasteiger partial charge on any atom is 0.191 e. The molecular formula is C17H31IN4O. The van der Waals surface area contributed by atoms with E-state index >= 15 is 0 Å². The van der Waals surface area contributed by atoms with Crippen LogP contribution in [-0.4, -0.2) is 51.2 Å². The summed E-state index contributed by atoms with van der Waals surface area (Å²) in [5.41, 5.74) is 1.17.